The van der Waals surface area contributed by atoms with Gasteiger partial charge in [0.15, 0.2) is 6.61 Å². The molecule has 0 bridgehead atoms. The molecule has 1 fully saturated rings. The predicted molar refractivity (Wildman–Crippen MR) is 114 cm³/mol. The van der Waals surface area contributed by atoms with Crippen LogP contribution in [0.15, 0.2) is 42.5 Å². The first-order chi connectivity index (χ1) is 13.5. The van der Waals surface area contributed by atoms with Gasteiger partial charge in [-0.05, 0) is 75.5 Å². The molecule has 1 heterocycles. The third-order valence-electron chi connectivity index (χ3n) is 5.63. The maximum atomic E-state index is 12.4. The van der Waals surface area contributed by atoms with Crippen molar-refractivity contribution in [2.75, 3.05) is 26.2 Å². The summed E-state index contributed by atoms with van der Waals surface area (Å²) in [4.78, 5) is 14.9. The molecule has 2 aromatic carbocycles. The molecule has 1 aliphatic heterocycles. The van der Waals surface area contributed by atoms with E-state index >= 15 is 0 Å². The van der Waals surface area contributed by atoms with Crippen LogP contribution in [0.3, 0.4) is 0 Å². The minimum Gasteiger partial charge on any atom is -0.484 e. The molecule has 0 aliphatic carbocycles. The molecule has 1 aliphatic rings. The molecule has 4 heteroatoms. The van der Waals surface area contributed by atoms with Crippen LogP contribution in [0.4, 0.5) is 0 Å². The number of rotatable bonds is 7. The normalized spacial score (nSPS) is 15.8. The molecule has 0 radical (unpaired) electrons. The Hall–Kier alpha value is -2.33. The summed E-state index contributed by atoms with van der Waals surface area (Å²) in [5.74, 6) is 0.664. The minimum absolute atomic E-state index is 0.0448. The van der Waals surface area contributed by atoms with Gasteiger partial charge in [0.2, 0.25) is 0 Å². The Morgan fingerprint density at radius 2 is 1.71 bits per heavy atom. The molecular formula is C24H32N2O2. The van der Waals surface area contributed by atoms with Gasteiger partial charge < -0.3 is 10.1 Å². The molecule has 3 rings (SSSR count). The zero-order valence-electron chi connectivity index (χ0n) is 17.3. The van der Waals surface area contributed by atoms with Crippen LogP contribution in [-0.2, 0) is 4.79 Å². The van der Waals surface area contributed by atoms with E-state index in [0.717, 1.165) is 18.8 Å². The van der Waals surface area contributed by atoms with Crippen LogP contribution in [0.25, 0.3) is 0 Å². The number of carbonyl (C=O) groups excluding carboxylic acids is 1. The van der Waals surface area contributed by atoms with Gasteiger partial charge in [-0.15, -0.1) is 0 Å². The maximum absolute atomic E-state index is 12.4. The van der Waals surface area contributed by atoms with E-state index in [4.69, 9.17) is 4.74 Å². The Kier molecular flexibility index (Phi) is 7.10. The van der Waals surface area contributed by atoms with Crippen molar-refractivity contribution in [2.45, 2.75) is 46.1 Å². The van der Waals surface area contributed by atoms with Crippen LogP contribution in [-0.4, -0.2) is 37.0 Å². The number of likely N-dealkylation sites (tertiary alicyclic amines) is 1. The molecule has 1 amide bonds. The summed E-state index contributed by atoms with van der Waals surface area (Å²) in [6.45, 7) is 9.05. The van der Waals surface area contributed by atoms with Crippen LogP contribution < -0.4 is 10.1 Å². The highest BCUT2D eigenvalue weighted by molar-refractivity contribution is 5.77. The fourth-order valence-corrected chi connectivity index (χ4v) is 3.69. The van der Waals surface area contributed by atoms with Gasteiger partial charge in [-0.1, -0.05) is 42.3 Å². The van der Waals surface area contributed by atoms with Gasteiger partial charge >= 0.3 is 0 Å². The number of carbonyl (C=O) groups is 1. The van der Waals surface area contributed by atoms with Gasteiger partial charge in [-0.2, -0.15) is 0 Å². The van der Waals surface area contributed by atoms with E-state index in [0.29, 0.717) is 6.54 Å². The number of hydrogen-bond acceptors (Lipinski definition) is 3. The second-order valence-electron chi connectivity index (χ2n) is 7.86. The highest BCUT2D eigenvalue weighted by Crippen LogP contribution is 2.24. The Morgan fingerprint density at radius 1 is 1.00 bits per heavy atom. The number of amides is 1. The molecule has 4 nitrogen and oxygen atoms in total. The molecular weight excluding hydrogens is 348 g/mol. The highest BCUT2D eigenvalue weighted by atomic mass is 16.5. The molecule has 0 saturated carbocycles. The third-order valence-corrected chi connectivity index (χ3v) is 5.63. The van der Waals surface area contributed by atoms with Crippen molar-refractivity contribution >= 4 is 5.91 Å². The van der Waals surface area contributed by atoms with Gasteiger partial charge in [-0.3, -0.25) is 9.69 Å². The molecule has 0 aromatic heterocycles. The Labute approximate surface area is 168 Å². The number of aryl methyl sites for hydroxylation is 3. The van der Waals surface area contributed by atoms with E-state index in [-0.39, 0.29) is 18.6 Å². The average Bonchev–Trinajstić information content (AvgIpc) is 2.71. The van der Waals surface area contributed by atoms with E-state index in [1.165, 1.54) is 41.5 Å². The molecule has 0 unspecified atom stereocenters. The number of nitrogens with one attached hydrogen (secondary N) is 1. The van der Waals surface area contributed by atoms with E-state index in [2.05, 4.69) is 48.3 Å². The maximum Gasteiger partial charge on any atom is 0.258 e. The van der Waals surface area contributed by atoms with Crippen molar-refractivity contribution in [3.8, 4) is 5.75 Å². The number of benzene rings is 2. The highest BCUT2D eigenvalue weighted by Gasteiger charge is 2.22. The molecule has 2 aromatic rings. The first kappa shape index (κ1) is 20.4. The average molecular weight is 381 g/mol. The molecule has 1 saturated heterocycles. The number of piperidine rings is 1. The van der Waals surface area contributed by atoms with Crippen molar-refractivity contribution < 1.29 is 9.53 Å². The summed E-state index contributed by atoms with van der Waals surface area (Å²) in [6.07, 6.45) is 3.76. The van der Waals surface area contributed by atoms with Gasteiger partial charge in [0.1, 0.15) is 5.75 Å². The van der Waals surface area contributed by atoms with Crippen LogP contribution in [0, 0.1) is 20.8 Å². The van der Waals surface area contributed by atoms with Crippen molar-refractivity contribution in [3.05, 3.63) is 64.7 Å². The van der Waals surface area contributed by atoms with Gasteiger partial charge in [0, 0.05) is 6.54 Å². The third kappa shape index (κ3) is 5.59. The van der Waals surface area contributed by atoms with E-state index in [1.807, 2.05) is 25.1 Å². The number of hydrogen-bond donors (Lipinski definition) is 1. The lowest BCUT2D eigenvalue weighted by atomic mass is 10.0. The lowest BCUT2D eigenvalue weighted by Gasteiger charge is -2.35. The van der Waals surface area contributed by atoms with E-state index < -0.39 is 0 Å². The van der Waals surface area contributed by atoms with Gasteiger partial charge in [-0.25, -0.2) is 0 Å². The molecule has 150 valence electrons. The SMILES string of the molecule is Cc1ccc([C@@H](CNC(=O)COc2ccc(C)c(C)c2)N2CCCCC2)cc1. The molecule has 1 N–H and O–H groups in total. The monoisotopic (exact) mass is 380 g/mol. The van der Waals surface area contributed by atoms with E-state index in [9.17, 15) is 4.79 Å². The molecule has 1 atom stereocenters. The van der Waals surface area contributed by atoms with Gasteiger partial charge in [0.05, 0.1) is 6.04 Å². The van der Waals surface area contributed by atoms with Gasteiger partial charge in [0.25, 0.3) is 5.91 Å². The van der Waals surface area contributed by atoms with Crippen molar-refractivity contribution in [3.63, 3.8) is 0 Å². The van der Waals surface area contributed by atoms with Crippen molar-refractivity contribution in [2.24, 2.45) is 0 Å². The summed E-state index contributed by atoms with van der Waals surface area (Å²) in [7, 11) is 0. The van der Waals surface area contributed by atoms with Crippen molar-refractivity contribution in [1.82, 2.24) is 10.2 Å². The van der Waals surface area contributed by atoms with Crippen LogP contribution in [0.1, 0.15) is 47.6 Å². The van der Waals surface area contributed by atoms with Crippen LogP contribution in [0.5, 0.6) is 5.75 Å². The summed E-state index contributed by atoms with van der Waals surface area (Å²) in [5, 5.41) is 3.08. The Balaban J connectivity index is 1.58. The zero-order valence-corrected chi connectivity index (χ0v) is 17.3. The quantitative estimate of drug-likeness (QED) is 0.777. The largest absolute Gasteiger partial charge is 0.484 e. The predicted octanol–water partition coefficient (Wildman–Crippen LogP) is 4.33. The minimum atomic E-state index is -0.0765. The smallest absolute Gasteiger partial charge is 0.258 e. The summed E-state index contributed by atoms with van der Waals surface area (Å²) < 4.78 is 5.68. The second kappa shape index (κ2) is 9.74. The Morgan fingerprint density at radius 3 is 2.39 bits per heavy atom. The second-order valence-corrected chi connectivity index (χ2v) is 7.86. The summed E-state index contributed by atoms with van der Waals surface area (Å²) in [6, 6.07) is 14.8. The van der Waals surface area contributed by atoms with Crippen LogP contribution >= 0.6 is 0 Å². The summed E-state index contributed by atoms with van der Waals surface area (Å²) in [5.41, 5.74) is 4.91. The first-order valence-electron chi connectivity index (χ1n) is 10.3. The van der Waals surface area contributed by atoms with Crippen LogP contribution in [0.2, 0.25) is 0 Å². The summed E-state index contributed by atoms with van der Waals surface area (Å²) >= 11 is 0. The molecule has 28 heavy (non-hydrogen) atoms. The zero-order chi connectivity index (χ0) is 19.9. The number of ether oxygens (including phenoxy) is 1. The lowest BCUT2D eigenvalue weighted by molar-refractivity contribution is -0.123. The topological polar surface area (TPSA) is 41.6 Å². The fourth-order valence-electron chi connectivity index (χ4n) is 3.69. The lowest BCUT2D eigenvalue weighted by Crippen LogP contribution is -2.41. The van der Waals surface area contributed by atoms with Crippen molar-refractivity contribution in [1.29, 1.82) is 0 Å². The standard InChI is InChI=1S/C24H32N2O2/c1-18-7-10-21(11-8-18)23(26-13-5-4-6-14-26)16-25-24(27)17-28-22-12-9-19(2)20(3)15-22/h7-12,15,23H,4-6,13-14,16-17H2,1-3H3,(H,25,27)/t23-/m1/s1. The van der Waals surface area contributed by atoms with E-state index in [1.54, 1.807) is 0 Å². The fraction of sp³-hybridized carbons (Fsp3) is 0.458. The molecule has 0 spiro atoms. The number of nitrogens with zero attached hydrogens (tertiary/aromatic N) is 1. The Bertz CT molecular complexity index is 780. The first-order valence-corrected chi connectivity index (χ1v) is 10.3.